The lowest BCUT2D eigenvalue weighted by atomic mass is 9.87. The van der Waals surface area contributed by atoms with Gasteiger partial charge in [0.2, 0.25) is 0 Å². The molecule has 2 heterocycles. The minimum absolute atomic E-state index is 0.148. The number of carbonyl (C=O) groups excluding carboxylic acids is 1. The Labute approximate surface area is 112 Å². The first-order valence-corrected chi connectivity index (χ1v) is 6.49. The molecule has 3 heteroatoms. The van der Waals surface area contributed by atoms with Crippen molar-refractivity contribution < 1.29 is 9.53 Å². The maximum atomic E-state index is 12.2. The lowest BCUT2D eigenvalue weighted by Gasteiger charge is -2.25. The molecule has 1 aromatic heterocycles. The van der Waals surface area contributed by atoms with Gasteiger partial charge >= 0.3 is 0 Å². The summed E-state index contributed by atoms with van der Waals surface area (Å²) >= 11 is 0. The molecule has 96 valence electrons. The van der Waals surface area contributed by atoms with Crippen molar-refractivity contribution in [3.63, 3.8) is 0 Å². The Bertz CT molecular complexity index is 580. The molecule has 0 spiro atoms. The van der Waals surface area contributed by atoms with Gasteiger partial charge < -0.3 is 4.74 Å². The number of hydrogen-bond donors (Lipinski definition) is 0. The van der Waals surface area contributed by atoms with Crippen LogP contribution < -0.4 is 4.74 Å². The van der Waals surface area contributed by atoms with Crippen LogP contribution in [-0.4, -0.2) is 17.4 Å². The first-order valence-electron chi connectivity index (χ1n) is 6.49. The molecular weight excluding hydrogens is 238 g/mol. The largest absolute Gasteiger partial charge is 0.493 e. The highest BCUT2D eigenvalue weighted by Gasteiger charge is 2.23. The van der Waals surface area contributed by atoms with E-state index in [1.807, 2.05) is 24.3 Å². The fourth-order valence-corrected chi connectivity index (χ4v) is 2.50. The summed E-state index contributed by atoms with van der Waals surface area (Å²) < 4.78 is 5.62. The fourth-order valence-electron chi connectivity index (χ4n) is 2.50. The van der Waals surface area contributed by atoms with Crippen LogP contribution in [0.5, 0.6) is 5.75 Å². The summed E-state index contributed by atoms with van der Waals surface area (Å²) in [5, 5.41) is 0. The number of pyridine rings is 1. The van der Waals surface area contributed by atoms with Crippen molar-refractivity contribution >= 4 is 5.78 Å². The van der Waals surface area contributed by atoms with E-state index in [0.29, 0.717) is 18.6 Å². The molecule has 0 radical (unpaired) electrons. The molecule has 2 aromatic rings. The highest BCUT2D eigenvalue weighted by atomic mass is 16.5. The second kappa shape index (κ2) is 5.22. The summed E-state index contributed by atoms with van der Waals surface area (Å²) in [6, 6.07) is 11.6. The van der Waals surface area contributed by atoms with Gasteiger partial charge in [-0.2, -0.15) is 0 Å². The molecule has 0 saturated carbocycles. The second-order valence-electron chi connectivity index (χ2n) is 4.74. The van der Waals surface area contributed by atoms with Gasteiger partial charge in [0.15, 0.2) is 5.78 Å². The quantitative estimate of drug-likeness (QED) is 0.788. The zero-order chi connectivity index (χ0) is 13.1. The summed E-state index contributed by atoms with van der Waals surface area (Å²) in [6.45, 7) is 0.683. The second-order valence-corrected chi connectivity index (χ2v) is 4.74. The molecule has 1 atom stereocenters. The molecule has 1 unspecified atom stereocenters. The third-order valence-electron chi connectivity index (χ3n) is 3.50. The van der Waals surface area contributed by atoms with E-state index in [2.05, 4.69) is 11.1 Å². The molecule has 19 heavy (non-hydrogen) atoms. The monoisotopic (exact) mass is 253 g/mol. The molecule has 0 N–H and O–H groups in total. The number of hydrogen-bond acceptors (Lipinski definition) is 3. The number of nitrogens with zero attached hydrogens (tertiary/aromatic N) is 1. The van der Waals surface area contributed by atoms with E-state index >= 15 is 0 Å². The molecular formula is C16H15NO2. The van der Waals surface area contributed by atoms with Crippen LogP contribution in [0.15, 0.2) is 48.8 Å². The summed E-state index contributed by atoms with van der Waals surface area (Å²) in [5.74, 6) is 1.31. The number of benzene rings is 1. The fraction of sp³-hybridized carbons (Fsp3) is 0.250. The average Bonchev–Trinajstić information content (AvgIpc) is 2.48. The number of aromatic nitrogens is 1. The number of para-hydroxylation sites is 1. The number of Topliss-reactive ketones (excluding diaryl/α,β-unsaturated/α-hetero) is 1. The van der Waals surface area contributed by atoms with Crippen molar-refractivity contribution in [1.82, 2.24) is 4.98 Å². The van der Waals surface area contributed by atoms with Crippen LogP contribution in [0.3, 0.4) is 0 Å². The lowest BCUT2D eigenvalue weighted by molar-refractivity contribution is 0.0965. The molecule has 0 saturated heterocycles. The summed E-state index contributed by atoms with van der Waals surface area (Å²) in [7, 11) is 0. The zero-order valence-electron chi connectivity index (χ0n) is 10.6. The molecule has 3 rings (SSSR count). The van der Waals surface area contributed by atoms with Crippen molar-refractivity contribution in [2.45, 2.75) is 18.8 Å². The van der Waals surface area contributed by atoms with Crippen LogP contribution in [0.4, 0.5) is 0 Å². The van der Waals surface area contributed by atoms with E-state index in [4.69, 9.17) is 4.74 Å². The van der Waals surface area contributed by atoms with Gasteiger partial charge in [-0.15, -0.1) is 0 Å². The summed E-state index contributed by atoms with van der Waals surface area (Å²) in [6.07, 6.45) is 4.73. The van der Waals surface area contributed by atoms with Crippen molar-refractivity contribution in [2.24, 2.45) is 0 Å². The molecule has 1 aromatic carbocycles. The number of fused-ring (bicyclic) bond motifs is 1. The Hall–Kier alpha value is -2.16. The third kappa shape index (κ3) is 2.50. The van der Waals surface area contributed by atoms with Crippen LogP contribution >= 0.6 is 0 Å². The first kappa shape index (κ1) is 11.9. The predicted molar refractivity (Wildman–Crippen MR) is 72.5 cm³/mol. The Balaban J connectivity index is 1.80. The Kier molecular flexibility index (Phi) is 3.27. The topological polar surface area (TPSA) is 39.2 Å². The van der Waals surface area contributed by atoms with E-state index in [-0.39, 0.29) is 11.7 Å². The summed E-state index contributed by atoms with van der Waals surface area (Å²) in [5.41, 5.74) is 1.83. The lowest BCUT2D eigenvalue weighted by Crippen LogP contribution is -2.17. The molecule has 0 aliphatic carbocycles. The van der Waals surface area contributed by atoms with Crippen LogP contribution in [0.25, 0.3) is 0 Å². The van der Waals surface area contributed by atoms with Gasteiger partial charge in [0.05, 0.1) is 6.61 Å². The maximum Gasteiger partial charge on any atom is 0.165 e. The summed E-state index contributed by atoms with van der Waals surface area (Å²) in [4.78, 5) is 16.2. The Morgan fingerprint density at radius 1 is 1.26 bits per heavy atom. The predicted octanol–water partition coefficient (Wildman–Crippen LogP) is 3.22. The molecule has 1 aliphatic rings. The molecule has 1 aliphatic heterocycles. The van der Waals surface area contributed by atoms with Gasteiger partial charge in [-0.25, -0.2) is 0 Å². The van der Waals surface area contributed by atoms with Crippen molar-refractivity contribution in [1.29, 1.82) is 0 Å². The standard InChI is InChI=1S/C16H15NO2/c18-15(13-4-3-8-17-11-13)10-12-7-9-19-16-6-2-1-5-14(12)16/h1-6,8,11-12H,7,9-10H2. The molecule has 0 fully saturated rings. The van der Waals surface area contributed by atoms with Crippen LogP contribution in [0.2, 0.25) is 0 Å². The Morgan fingerprint density at radius 3 is 3.00 bits per heavy atom. The number of rotatable bonds is 3. The van der Waals surface area contributed by atoms with Crippen LogP contribution in [0.1, 0.15) is 34.7 Å². The molecule has 0 bridgehead atoms. The maximum absolute atomic E-state index is 12.2. The number of ketones is 1. The third-order valence-corrected chi connectivity index (χ3v) is 3.50. The molecule has 3 nitrogen and oxygen atoms in total. The average molecular weight is 253 g/mol. The van der Waals surface area contributed by atoms with Crippen LogP contribution in [-0.2, 0) is 0 Å². The van der Waals surface area contributed by atoms with E-state index in [0.717, 1.165) is 17.7 Å². The van der Waals surface area contributed by atoms with Gasteiger partial charge in [-0.05, 0) is 36.1 Å². The molecule has 0 amide bonds. The van der Waals surface area contributed by atoms with Gasteiger partial charge in [-0.1, -0.05) is 18.2 Å². The van der Waals surface area contributed by atoms with Gasteiger partial charge in [0.1, 0.15) is 5.75 Å². The SMILES string of the molecule is O=C(CC1CCOc2ccccc21)c1cccnc1. The van der Waals surface area contributed by atoms with Gasteiger partial charge in [0.25, 0.3) is 0 Å². The van der Waals surface area contributed by atoms with Crippen molar-refractivity contribution in [3.8, 4) is 5.75 Å². The minimum atomic E-state index is 0.148. The number of ether oxygens (including phenoxy) is 1. The normalized spacial score (nSPS) is 17.4. The first-order chi connectivity index (χ1) is 9.34. The zero-order valence-corrected chi connectivity index (χ0v) is 10.6. The van der Waals surface area contributed by atoms with E-state index in [1.165, 1.54) is 0 Å². The van der Waals surface area contributed by atoms with E-state index < -0.39 is 0 Å². The highest BCUT2D eigenvalue weighted by molar-refractivity contribution is 5.96. The smallest absolute Gasteiger partial charge is 0.165 e. The Morgan fingerprint density at radius 2 is 2.16 bits per heavy atom. The van der Waals surface area contributed by atoms with Gasteiger partial charge in [0, 0.05) is 24.4 Å². The van der Waals surface area contributed by atoms with Crippen LogP contribution in [0, 0.1) is 0 Å². The number of carbonyl (C=O) groups is 1. The van der Waals surface area contributed by atoms with E-state index in [1.54, 1.807) is 18.5 Å². The van der Waals surface area contributed by atoms with Crippen molar-refractivity contribution in [2.75, 3.05) is 6.61 Å². The van der Waals surface area contributed by atoms with Crippen molar-refractivity contribution in [3.05, 3.63) is 59.9 Å². The minimum Gasteiger partial charge on any atom is -0.493 e. The van der Waals surface area contributed by atoms with E-state index in [9.17, 15) is 4.79 Å². The highest BCUT2D eigenvalue weighted by Crippen LogP contribution is 2.35. The van der Waals surface area contributed by atoms with Gasteiger partial charge in [-0.3, -0.25) is 9.78 Å².